The number of rotatable bonds is 9. The molecule has 0 spiro atoms. The van der Waals surface area contributed by atoms with Crippen molar-refractivity contribution in [3.63, 3.8) is 0 Å². The van der Waals surface area contributed by atoms with E-state index in [1.54, 1.807) is 11.3 Å². The number of carbonyl (C=O) groups excluding carboxylic acids is 1. The number of amides is 1. The molecule has 1 unspecified atom stereocenters. The maximum absolute atomic E-state index is 12.7. The third-order valence-electron chi connectivity index (χ3n) is 5.11. The van der Waals surface area contributed by atoms with Gasteiger partial charge >= 0.3 is 0 Å². The molecule has 1 fully saturated rings. The maximum atomic E-state index is 12.7. The van der Waals surface area contributed by atoms with Crippen LogP contribution in [0.2, 0.25) is 0 Å². The Morgan fingerprint density at radius 2 is 2.00 bits per heavy atom. The first-order chi connectivity index (χ1) is 12.0. The third-order valence-corrected chi connectivity index (χ3v) is 6.33. The lowest BCUT2D eigenvalue weighted by molar-refractivity contribution is -0.118. The first-order valence-corrected chi connectivity index (χ1v) is 10.8. The lowest BCUT2D eigenvalue weighted by Gasteiger charge is -2.27. The topological polar surface area (TPSA) is 54.0 Å². The van der Waals surface area contributed by atoms with Gasteiger partial charge < -0.3 is 10.6 Å². The summed E-state index contributed by atoms with van der Waals surface area (Å²) in [5, 5.41) is 7.32. The molecule has 1 aliphatic carbocycles. The maximum Gasteiger partial charge on any atom is 0.243 e. The summed E-state index contributed by atoms with van der Waals surface area (Å²) in [5.41, 5.74) is 0. The Morgan fingerprint density at radius 3 is 2.60 bits per heavy atom. The summed E-state index contributed by atoms with van der Waals surface area (Å²) in [4.78, 5) is 18.3. The van der Waals surface area contributed by atoms with Crippen molar-refractivity contribution < 1.29 is 4.79 Å². The van der Waals surface area contributed by atoms with Gasteiger partial charge in [-0.15, -0.1) is 11.3 Å². The van der Waals surface area contributed by atoms with Gasteiger partial charge in [-0.25, -0.2) is 4.98 Å². The normalized spacial score (nSPS) is 18.3. The average molecular weight is 366 g/mol. The van der Waals surface area contributed by atoms with E-state index in [-0.39, 0.29) is 11.9 Å². The number of thiazole rings is 1. The number of hydrogen-bond acceptors (Lipinski definition) is 4. The summed E-state index contributed by atoms with van der Waals surface area (Å²) >= 11 is 1.58. The second kappa shape index (κ2) is 10.3. The van der Waals surface area contributed by atoms with Crippen molar-refractivity contribution in [3.05, 3.63) is 11.1 Å². The molecule has 1 aliphatic rings. The van der Waals surface area contributed by atoms with Crippen LogP contribution in [-0.2, 0) is 4.79 Å². The fraction of sp³-hybridized carbons (Fsp3) is 0.800. The van der Waals surface area contributed by atoms with E-state index in [1.165, 1.54) is 43.4 Å². The molecule has 2 N–H and O–H groups in total. The number of hydrogen-bond donors (Lipinski definition) is 2. The van der Waals surface area contributed by atoms with Gasteiger partial charge in [0.25, 0.3) is 0 Å². The molecule has 2 atom stereocenters. The summed E-state index contributed by atoms with van der Waals surface area (Å²) < 4.78 is 0. The van der Waals surface area contributed by atoms with Crippen LogP contribution in [0.15, 0.2) is 6.20 Å². The Balaban J connectivity index is 1.87. The van der Waals surface area contributed by atoms with E-state index in [1.807, 2.05) is 6.20 Å². The molecule has 0 saturated heterocycles. The lowest BCUT2D eigenvalue weighted by Crippen LogP contribution is -2.45. The van der Waals surface area contributed by atoms with E-state index in [0.29, 0.717) is 12.0 Å². The van der Waals surface area contributed by atoms with Gasteiger partial charge in [-0.05, 0) is 31.6 Å². The molecule has 1 heterocycles. The zero-order valence-electron chi connectivity index (χ0n) is 16.3. The van der Waals surface area contributed by atoms with E-state index in [9.17, 15) is 4.79 Å². The molecule has 1 aromatic heterocycles. The third kappa shape index (κ3) is 6.70. The molecule has 25 heavy (non-hydrogen) atoms. The van der Waals surface area contributed by atoms with E-state index in [4.69, 9.17) is 0 Å². The van der Waals surface area contributed by atoms with Crippen molar-refractivity contribution in [2.45, 2.75) is 97.1 Å². The number of anilines is 1. The van der Waals surface area contributed by atoms with E-state index in [0.717, 1.165) is 23.9 Å². The van der Waals surface area contributed by atoms with Crippen LogP contribution < -0.4 is 10.6 Å². The van der Waals surface area contributed by atoms with Crippen molar-refractivity contribution in [3.8, 4) is 0 Å². The van der Waals surface area contributed by atoms with Gasteiger partial charge in [-0.3, -0.25) is 4.79 Å². The van der Waals surface area contributed by atoms with Crippen molar-refractivity contribution >= 4 is 22.4 Å². The molecule has 142 valence electrons. The zero-order valence-corrected chi connectivity index (χ0v) is 17.1. The predicted octanol–water partition coefficient (Wildman–Crippen LogP) is 5.32. The minimum Gasteiger partial charge on any atom is -0.303 e. The molecule has 4 nitrogen and oxygen atoms in total. The highest BCUT2D eigenvalue weighted by Gasteiger charge is 2.23. The Labute approximate surface area is 157 Å². The van der Waals surface area contributed by atoms with Crippen LogP contribution in [0.4, 0.5) is 5.13 Å². The summed E-state index contributed by atoms with van der Waals surface area (Å²) in [6.07, 6.45) is 11.8. The molecule has 2 rings (SSSR count). The van der Waals surface area contributed by atoms with E-state index in [2.05, 4.69) is 43.3 Å². The van der Waals surface area contributed by atoms with Crippen molar-refractivity contribution in [1.82, 2.24) is 10.3 Å². The van der Waals surface area contributed by atoms with Crippen molar-refractivity contribution in [2.75, 3.05) is 5.32 Å². The highest BCUT2D eigenvalue weighted by Crippen LogP contribution is 2.28. The summed E-state index contributed by atoms with van der Waals surface area (Å²) in [5.74, 6) is 1.33. The Bertz CT molecular complexity index is 523. The molecule has 1 aromatic rings. The minimum atomic E-state index is -0.130. The number of nitrogens with zero attached hydrogens (tertiary/aromatic N) is 1. The van der Waals surface area contributed by atoms with Crippen LogP contribution in [0.25, 0.3) is 0 Å². The second-order valence-corrected chi connectivity index (χ2v) is 8.92. The van der Waals surface area contributed by atoms with Gasteiger partial charge in [-0.1, -0.05) is 59.3 Å². The van der Waals surface area contributed by atoms with Crippen LogP contribution in [0, 0.1) is 5.92 Å². The minimum absolute atomic E-state index is 0.0574. The number of nitrogens with one attached hydrogen (secondary N) is 2. The molecule has 1 saturated carbocycles. The number of carbonyl (C=O) groups is 1. The zero-order chi connectivity index (χ0) is 18.2. The fourth-order valence-electron chi connectivity index (χ4n) is 3.72. The van der Waals surface area contributed by atoms with Crippen LogP contribution in [0.5, 0.6) is 0 Å². The molecule has 1 amide bonds. The van der Waals surface area contributed by atoms with Gasteiger partial charge in [0.15, 0.2) is 5.13 Å². The smallest absolute Gasteiger partial charge is 0.243 e. The Kier molecular flexibility index (Phi) is 8.37. The van der Waals surface area contributed by atoms with E-state index < -0.39 is 0 Å². The number of aromatic nitrogens is 1. The van der Waals surface area contributed by atoms with Gasteiger partial charge in [0.2, 0.25) is 5.91 Å². The van der Waals surface area contributed by atoms with Gasteiger partial charge in [0.05, 0.1) is 6.04 Å². The largest absolute Gasteiger partial charge is 0.303 e. The van der Waals surface area contributed by atoms with Gasteiger partial charge in [0, 0.05) is 17.1 Å². The predicted molar refractivity (Wildman–Crippen MR) is 107 cm³/mol. The molecule has 5 heteroatoms. The molecule has 0 aliphatic heterocycles. The van der Waals surface area contributed by atoms with Crippen LogP contribution in [0.1, 0.15) is 89.9 Å². The standard InChI is InChI=1S/C20H35N3OS/c1-5-9-17(22-15(4)12-16-10-7-6-8-11-16)19(24)23-20-21-13-18(25-20)14(2)3/h13-17,22H,5-12H2,1-4H3,(H,21,23,24)/t15?,17-/m0/s1. The molecular weight excluding hydrogens is 330 g/mol. The summed E-state index contributed by atoms with van der Waals surface area (Å²) in [7, 11) is 0. The van der Waals surface area contributed by atoms with Gasteiger partial charge in [0.1, 0.15) is 0 Å². The van der Waals surface area contributed by atoms with Crippen LogP contribution in [0.3, 0.4) is 0 Å². The lowest BCUT2D eigenvalue weighted by atomic mass is 9.85. The van der Waals surface area contributed by atoms with Gasteiger partial charge in [-0.2, -0.15) is 0 Å². The van der Waals surface area contributed by atoms with Crippen molar-refractivity contribution in [1.29, 1.82) is 0 Å². The quantitative estimate of drug-likeness (QED) is 0.622. The van der Waals surface area contributed by atoms with Crippen LogP contribution >= 0.6 is 11.3 Å². The molecule has 0 radical (unpaired) electrons. The first-order valence-electron chi connectivity index (χ1n) is 10.0. The fourth-order valence-corrected chi connectivity index (χ4v) is 4.54. The SMILES string of the molecule is CCC[C@H](NC(C)CC1CCCCC1)C(=O)Nc1ncc(C(C)C)s1. The highest BCUT2D eigenvalue weighted by atomic mass is 32.1. The summed E-state index contributed by atoms with van der Waals surface area (Å²) in [6.45, 7) is 8.65. The molecular formula is C20H35N3OS. The molecule has 0 bridgehead atoms. The average Bonchev–Trinajstić information content (AvgIpc) is 3.04. The Hall–Kier alpha value is -0.940. The van der Waals surface area contributed by atoms with E-state index >= 15 is 0 Å². The molecule has 0 aromatic carbocycles. The second-order valence-electron chi connectivity index (χ2n) is 7.86. The van der Waals surface area contributed by atoms with Crippen molar-refractivity contribution in [2.24, 2.45) is 5.92 Å². The van der Waals surface area contributed by atoms with Crippen LogP contribution in [-0.4, -0.2) is 23.0 Å². The highest BCUT2D eigenvalue weighted by molar-refractivity contribution is 7.15. The Morgan fingerprint density at radius 1 is 1.28 bits per heavy atom. The first kappa shape index (κ1) is 20.4. The summed E-state index contributed by atoms with van der Waals surface area (Å²) in [6, 6.07) is 0.253. The monoisotopic (exact) mass is 365 g/mol.